The Labute approximate surface area is 97.3 Å². The number of halogens is 1. The van der Waals surface area contributed by atoms with Gasteiger partial charge in [0.2, 0.25) is 0 Å². The number of hydrogen-bond donors (Lipinski definition) is 0. The lowest BCUT2D eigenvalue weighted by Crippen LogP contribution is -1.89. The van der Waals surface area contributed by atoms with Gasteiger partial charge in [-0.3, -0.25) is 0 Å². The summed E-state index contributed by atoms with van der Waals surface area (Å²) in [6.07, 6.45) is 0.999. The van der Waals surface area contributed by atoms with Gasteiger partial charge in [-0.05, 0) is 51.2 Å². The van der Waals surface area contributed by atoms with Crippen molar-refractivity contribution < 1.29 is 0 Å². The molecule has 3 rings (SSSR count). The van der Waals surface area contributed by atoms with Crippen molar-refractivity contribution in [1.29, 1.82) is 0 Å². The van der Waals surface area contributed by atoms with E-state index in [9.17, 15) is 0 Å². The second kappa shape index (κ2) is 3.17. The maximum atomic E-state index is 4.44. The summed E-state index contributed by atoms with van der Waals surface area (Å²) in [5.41, 5.74) is 6.49. The summed E-state index contributed by atoms with van der Waals surface area (Å²) in [4.78, 5) is 4.44. The van der Waals surface area contributed by atoms with Gasteiger partial charge in [0.05, 0.1) is 0 Å². The highest BCUT2D eigenvalue weighted by atomic mass is 79.9. The molecule has 0 spiro atoms. The van der Waals surface area contributed by atoms with Gasteiger partial charge >= 0.3 is 0 Å². The Morgan fingerprint density at radius 2 is 2.00 bits per heavy atom. The van der Waals surface area contributed by atoms with Crippen molar-refractivity contribution in [1.82, 2.24) is 4.98 Å². The molecule has 0 N–H and O–H groups in total. The minimum atomic E-state index is 0.994. The van der Waals surface area contributed by atoms with E-state index in [1.54, 1.807) is 0 Å². The number of pyridine rings is 1. The van der Waals surface area contributed by atoms with Crippen LogP contribution in [0.4, 0.5) is 0 Å². The van der Waals surface area contributed by atoms with Crippen LogP contribution in [0, 0.1) is 6.92 Å². The van der Waals surface area contributed by atoms with Crippen LogP contribution >= 0.6 is 15.9 Å². The predicted octanol–water partition coefficient (Wildman–Crippen LogP) is 3.72. The molecule has 1 nitrogen and oxygen atoms in total. The number of rotatable bonds is 0. The van der Waals surface area contributed by atoms with Crippen LogP contribution in [0.3, 0.4) is 0 Å². The van der Waals surface area contributed by atoms with E-state index >= 15 is 0 Å². The summed E-state index contributed by atoms with van der Waals surface area (Å²) in [6.45, 7) is 2.03. The molecule has 1 aliphatic carbocycles. The van der Waals surface area contributed by atoms with Crippen molar-refractivity contribution in [3.63, 3.8) is 0 Å². The average molecular weight is 260 g/mol. The molecule has 0 atom stereocenters. The summed E-state index contributed by atoms with van der Waals surface area (Å²) in [7, 11) is 0. The van der Waals surface area contributed by atoms with Gasteiger partial charge < -0.3 is 0 Å². The van der Waals surface area contributed by atoms with Crippen molar-refractivity contribution in [3.05, 3.63) is 51.8 Å². The standard InChI is InChI=1S/C13H10BrN/c1-8-6-11-10-5-3-2-4-9(10)7-12(11)13(14)15-8/h2-6H,7H2,1H3. The smallest absolute Gasteiger partial charge is 0.110 e. The van der Waals surface area contributed by atoms with Gasteiger partial charge in [-0.1, -0.05) is 24.3 Å². The monoisotopic (exact) mass is 259 g/mol. The zero-order valence-corrected chi connectivity index (χ0v) is 10.0. The van der Waals surface area contributed by atoms with Crippen molar-refractivity contribution >= 4 is 15.9 Å². The van der Waals surface area contributed by atoms with E-state index in [2.05, 4.69) is 51.2 Å². The zero-order chi connectivity index (χ0) is 10.4. The van der Waals surface area contributed by atoms with Crippen LogP contribution in [0.5, 0.6) is 0 Å². The quantitative estimate of drug-likeness (QED) is 0.561. The zero-order valence-electron chi connectivity index (χ0n) is 8.42. The molecule has 74 valence electrons. The minimum absolute atomic E-state index is 0.994. The van der Waals surface area contributed by atoms with E-state index in [-0.39, 0.29) is 0 Å². The fourth-order valence-electron chi connectivity index (χ4n) is 2.20. The highest BCUT2D eigenvalue weighted by Crippen LogP contribution is 2.39. The Balaban J connectivity index is 2.33. The molecule has 0 saturated carbocycles. The Bertz CT molecular complexity index is 546. The van der Waals surface area contributed by atoms with Crippen molar-refractivity contribution in [2.24, 2.45) is 0 Å². The van der Waals surface area contributed by atoms with Crippen LogP contribution in [-0.2, 0) is 6.42 Å². The van der Waals surface area contributed by atoms with E-state index in [1.807, 2.05) is 6.92 Å². The molecule has 1 aromatic carbocycles. The number of benzene rings is 1. The van der Waals surface area contributed by atoms with Gasteiger partial charge in [-0.2, -0.15) is 0 Å². The fourth-order valence-corrected chi connectivity index (χ4v) is 2.83. The molecule has 0 radical (unpaired) electrons. The van der Waals surface area contributed by atoms with Crippen LogP contribution in [0.25, 0.3) is 11.1 Å². The van der Waals surface area contributed by atoms with Gasteiger partial charge in [-0.25, -0.2) is 4.98 Å². The molecule has 15 heavy (non-hydrogen) atoms. The molecule has 1 aliphatic rings. The van der Waals surface area contributed by atoms with E-state index in [0.717, 1.165) is 16.7 Å². The van der Waals surface area contributed by atoms with Gasteiger partial charge in [0.15, 0.2) is 0 Å². The maximum absolute atomic E-state index is 4.44. The highest BCUT2D eigenvalue weighted by Gasteiger charge is 2.20. The summed E-state index contributed by atoms with van der Waals surface area (Å²) >= 11 is 3.55. The topological polar surface area (TPSA) is 12.9 Å². The number of aromatic nitrogens is 1. The number of fused-ring (bicyclic) bond motifs is 3. The highest BCUT2D eigenvalue weighted by molar-refractivity contribution is 9.10. The lowest BCUT2D eigenvalue weighted by atomic mass is 10.1. The lowest BCUT2D eigenvalue weighted by Gasteiger charge is -2.03. The van der Waals surface area contributed by atoms with Crippen molar-refractivity contribution in [2.75, 3.05) is 0 Å². The first-order valence-corrected chi connectivity index (χ1v) is 5.79. The third-order valence-electron chi connectivity index (χ3n) is 2.88. The molecule has 0 aliphatic heterocycles. The largest absolute Gasteiger partial charge is 0.246 e. The van der Waals surface area contributed by atoms with Crippen molar-refractivity contribution in [3.8, 4) is 11.1 Å². The molecule has 0 amide bonds. The van der Waals surface area contributed by atoms with Crippen molar-refractivity contribution in [2.45, 2.75) is 13.3 Å². The normalized spacial score (nSPS) is 12.4. The van der Waals surface area contributed by atoms with Crippen LogP contribution < -0.4 is 0 Å². The van der Waals surface area contributed by atoms with Crippen LogP contribution in [0.1, 0.15) is 16.8 Å². The van der Waals surface area contributed by atoms with E-state index < -0.39 is 0 Å². The molecule has 1 aromatic heterocycles. The maximum Gasteiger partial charge on any atom is 0.110 e. The first kappa shape index (κ1) is 9.10. The lowest BCUT2D eigenvalue weighted by molar-refractivity contribution is 1.11. The number of nitrogens with zero attached hydrogens (tertiary/aromatic N) is 1. The van der Waals surface area contributed by atoms with Gasteiger partial charge in [0, 0.05) is 12.1 Å². The molecule has 2 aromatic rings. The van der Waals surface area contributed by atoms with E-state index in [1.165, 1.54) is 22.3 Å². The van der Waals surface area contributed by atoms with Crippen LogP contribution in [0.15, 0.2) is 34.9 Å². The molecule has 0 unspecified atom stereocenters. The average Bonchev–Trinajstić information content (AvgIpc) is 2.57. The summed E-state index contributed by atoms with van der Waals surface area (Å²) in [6, 6.07) is 10.7. The SMILES string of the molecule is Cc1cc2c(c(Br)n1)Cc1ccccc1-2. The van der Waals surface area contributed by atoms with Gasteiger partial charge in [0.25, 0.3) is 0 Å². The summed E-state index contributed by atoms with van der Waals surface area (Å²) < 4.78 is 0.994. The molecular weight excluding hydrogens is 250 g/mol. The van der Waals surface area contributed by atoms with Gasteiger partial charge in [0.1, 0.15) is 4.60 Å². The third-order valence-corrected chi connectivity index (χ3v) is 3.53. The molecule has 0 fully saturated rings. The molecule has 1 heterocycles. The third kappa shape index (κ3) is 1.32. The first-order valence-electron chi connectivity index (χ1n) is 5.00. The second-order valence-corrected chi connectivity index (χ2v) is 4.67. The van der Waals surface area contributed by atoms with Crippen LogP contribution in [0.2, 0.25) is 0 Å². The summed E-state index contributed by atoms with van der Waals surface area (Å²) in [5, 5.41) is 0. The second-order valence-electron chi connectivity index (χ2n) is 3.91. The van der Waals surface area contributed by atoms with E-state index in [4.69, 9.17) is 0 Å². The molecule has 0 bridgehead atoms. The predicted molar refractivity (Wildman–Crippen MR) is 64.9 cm³/mol. The molecule has 2 heteroatoms. The summed E-state index contributed by atoms with van der Waals surface area (Å²) in [5.74, 6) is 0. The van der Waals surface area contributed by atoms with Crippen LogP contribution in [-0.4, -0.2) is 4.98 Å². The van der Waals surface area contributed by atoms with E-state index in [0.29, 0.717) is 0 Å². The molecular formula is C13H10BrN. The Hall–Kier alpha value is -1.15. The Morgan fingerprint density at radius 1 is 1.20 bits per heavy atom. The number of aryl methyl sites for hydroxylation is 1. The molecule has 0 saturated heterocycles. The fraction of sp³-hybridized carbons (Fsp3) is 0.154. The Kier molecular flexibility index (Phi) is 1.93. The minimum Gasteiger partial charge on any atom is -0.246 e. The first-order chi connectivity index (χ1) is 7.25. The van der Waals surface area contributed by atoms with Gasteiger partial charge in [-0.15, -0.1) is 0 Å². The number of hydrogen-bond acceptors (Lipinski definition) is 1. The Morgan fingerprint density at radius 3 is 2.87 bits per heavy atom.